The van der Waals surface area contributed by atoms with E-state index in [1.165, 1.54) is 0 Å². The third-order valence-corrected chi connectivity index (χ3v) is 2.59. The maximum absolute atomic E-state index is 10.2. The van der Waals surface area contributed by atoms with E-state index in [-0.39, 0.29) is 0 Å². The topological polar surface area (TPSA) is 58.6 Å². The van der Waals surface area contributed by atoms with E-state index >= 15 is 0 Å². The summed E-state index contributed by atoms with van der Waals surface area (Å²) in [4.78, 5) is 8.36. The fourth-order valence-corrected chi connectivity index (χ4v) is 1.73. The van der Waals surface area contributed by atoms with Gasteiger partial charge in [-0.3, -0.25) is 0 Å². The second-order valence-corrected chi connectivity index (χ2v) is 3.79. The lowest BCUT2D eigenvalue weighted by Crippen LogP contribution is -2.28. The van der Waals surface area contributed by atoms with Crippen LogP contribution in [0.3, 0.4) is 0 Å². The molecule has 12 heavy (non-hydrogen) atoms. The first-order chi connectivity index (χ1) is 5.79. The molecule has 0 saturated carbocycles. The van der Waals surface area contributed by atoms with Gasteiger partial charge in [0.05, 0.1) is 0 Å². The van der Waals surface area contributed by atoms with Gasteiger partial charge >= 0.3 is 8.25 Å². The van der Waals surface area contributed by atoms with Crippen LogP contribution in [-0.2, 0) is 9.09 Å². The van der Waals surface area contributed by atoms with E-state index in [4.69, 9.17) is 4.89 Å². The summed E-state index contributed by atoms with van der Waals surface area (Å²) >= 11 is 0. The summed E-state index contributed by atoms with van der Waals surface area (Å²) in [6.07, 6.45) is 3.22. The molecule has 1 aliphatic rings. The predicted octanol–water partition coefficient (Wildman–Crippen LogP) is 1.04. The van der Waals surface area contributed by atoms with Crippen molar-refractivity contribution in [1.82, 2.24) is 5.32 Å². The van der Waals surface area contributed by atoms with Gasteiger partial charge in [-0.15, -0.1) is 9.42 Å². The number of hydrogen-bond acceptors (Lipinski definition) is 3. The van der Waals surface area contributed by atoms with Crippen molar-refractivity contribution in [3.8, 4) is 0 Å². The van der Waals surface area contributed by atoms with Crippen LogP contribution in [0.1, 0.15) is 19.3 Å². The largest absolute Gasteiger partial charge is 0.694 e. The highest BCUT2D eigenvalue weighted by Gasteiger charge is 2.16. The average Bonchev–Trinajstić information content (AvgIpc) is 2.05. The zero-order chi connectivity index (χ0) is 8.81. The molecule has 1 saturated heterocycles. The van der Waals surface area contributed by atoms with Crippen LogP contribution >= 0.6 is 8.25 Å². The normalized spacial score (nSPS) is 20.9. The maximum atomic E-state index is 10.2. The minimum atomic E-state index is -2.39. The van der Waals surface area contributed by atoms with Crippen LogP contribution in [0.2, 0.25) is 0 Å². The number of nitrogens with one attached hydrogen (secondary N) is 1. The molecule has 1 rings (SSSR count). The maximum Gasteiger partial charge on any atom is 0.694 e. The Labute approximate surface area is 73.3 Å². The number of rotatable bonds is 4. The van der Waals surface area contributed by atoms with E-state index in [9.17, 15) is 4.57 Å². The lowest BCUT2D eigenvalue weighted by atomic mass is 9.95. The van der Waals surface area contributed by atoms with E-state index in [1.54, 1.807) is 0 Å². The van der Waals surface area contributed by atoms with Crippen molar-refractivity contribution in [2.45, 2.75) is 19.3 Å². The van der Waals surface area contributed by atoms with E-state index in [0.717, 1.165) is 32.4 Å². The molecule has 4 nitrogen and oxygen atoms in total. The SMILES string of the molecule is O=[P+](O)OCCC1CCNCC1. The van der Waals surface area contributed by atoms with Crippen molar-refractivity contribution < 1.29 is 14.0 Å². The van der Waals surface area contributed by atoms with Gasteiger partial charge in [-0.25, -0.2) is 0 Å². The minimum Gasteiger partial charge on any atom is -0.317 e. The molecule has 1 unspecified atom stereocenters. The van der Waals surface area contributed by atoms with Gasteiger partial charge in [-0.1, -0.05) is 0 Å². The van der Waals surface area contributed by atoms with E-state index in [0.29, 0.717) is 12.5 Å². The molecule has 0 spiro atoms. The second kappa shape index (κ2) is 5.60. The first-order valence-corrected chi connectivity index (χ1v) is 5.42. The molecule has 0 bridgehead atoms. The molecule has 2 N–H and O–H groups in total. The van der Waals surface area contributed by atoms with Crippen molar-refractivity contribution in [3.63, 3.8) is 0 Å². The molecule has 0 aromatic carbocycles. The quantitative estimate of drug-likeness (QED) is 0.653. The zero-order valence-corrected chi connectivity index (χ0v) is 7.93. The number of hydrogen-bond donors (Lipinski definition) is 2. The first-order valence-electron chi connectivity index (χ1n) is 4.29. The van der Waals surface area contributed by atoms with Crippen molar-refractivity contribution >= 4 is 8.25 Å². The molecule has 0 amide bonds. The lowest BCUT2D eigenvalue weighted by Gasteiger charge is -2.21. The summed E-state index contributed by atoms with van der Waals surface area (Å²) in [5, 5.41) is 3.27. The molecule has 1 fully saturated rings. The highest BCUT2D eigenvalue weighted by Crippen LogP contribution is 2.20. The summed E-state index contributed by atoms with van der Waals surface area (Å²) < 4.78 is 14.7. The Morgan fingerprint density at radius 3 is 2.75 bits per heavy atom. The Hall–Kier alpha value is -0.0200. The summed E-state index contributed by atoms with van der Waals surface area (Å²) in [6.45, 7) is 2.54. The third kappa shape index (κ3) is 4.12. The van der Waals surface area contributed by atoms with Crippen LogP contribution in [0.25, 0.3) is 0 Å². The third-order valence-electron chi connectivity index (χ3n) is 2.19. The predicted molar refractivity (Wildman–Crippen MR) is 46.0 cm³/mol. The molecule has 0 aliphatic carbocycles. The van der Waals surface area contributed by atoms with Gasteiger partial charge in [0.25, 0.3) is 0 Å². The van der Waals surface area contributed by atoms with Crippen molar-refractivity contribution in [2.75, 3.05) is 19.7 Å². The fourth-order valence-electron chi connectivity index (χ4n) is 1.47. The van der Waals surface area contributed by atoms with Crippen LogP contribution in [0.5, 0.6) is 0 Å². The molecule has 0 aromatic heterocycles. The summed E-state index contributed by atoms with van der Waals surface area (Å²) in [7, 11) is -2.39. The van der Waals surface area contributed by atoms with Crippen molar-refractivity contribution in [3.05, 3.63) is 0 Å². The standard InChI is InChI=1S/C7H14NO3P/c9-12(10)11-6-3-7-1-4-8-5-2-7/h7-8H,1-6H2/p+1. The Kier molecular flexibility index (Phi) is 4.69. The molecule has 1 aliphatic heterocycles. The second-order valence-electron chi connectivity index (χ2n) is 3.05. The van der Waals surface area contributed by atoms with E-state index in [1.807, 2.05) is 0 Å². The summed E-state index contributed by atoms with van der Waals surface area (Å²) in [5.74, 6) is 0.668. The van der Waals surface area contributed by atoms with Gasteiger partial charge in [-0.05, 0) is 38.3 Å². The van der Waals surface area contributed by atoms with Crippen LogP contribution in [-0.4, -0.2) is 24.6 Å². The monoisotopic (exact) mass is 192 g/mol. The summed E-state index contributed by atoms with van der Waals surface area (Å²) in [6, 6.07) is 0. The van der Waals surface area contributed by atoms with Crippen molar-refractivity contribution in [1.29, 1.82) is 0 Å². The average molecular weight is 192 g/mol. The Balaban J connectivity index is 2.01. The molecule has 0 aromatic rings. The van der Waals surface area contributed by atoms with Gasteiger partial charge in [0.15, 0.2) is 0 Å². The van der Waals surface area contributed by atoms with Gasteiger partial charge in [0.1, 0.15) is 6.61 Å². The van der Waals surface area contributed by atoms with Gasteiger partial charge < -0.3 is 5.32 Å². The van der Waals surface area contributed by atoms with E-state index < -0.39 is 8.25 Å². The Morgan fingerprint density at radius 1 is 1.50 bits per heavy atom. The van der Waals surface area contributed by atoms with Crippen molar-refractivity contribution in [2.24, 2.45) is 5.92 Å². The van der Waals surface area contributed by atoms with Gasteiger partial charge in [0.2, 0.25) is 0 Å². The molecule has 1 heterocycles. The minimum absolute atomic E-state index is 0.413. The highest BCUT2D eigenvalue weighted by atomic mass is 31.1. The highest BCUT2D eigenvalue weighted by molar-refractivity contribution is 7.32. The first kappa shape index (κ1) is 10.1. The lowest BCUT2D eigenvalue weighted by molar-refractivity contribution is 0.237. The molecule has 0 radical (unpaired) electrons. The molecule has 1 atom stereocenters. The van der Waals surface area contributed by atoms with E-state index in [2.05, 4.69) is 9.84 Å². The Bertz CT molecular complexity index is 148. The van der Waals surface area contributed by atoms with Gasteiger partial charge in [0, 0.05) is 4.57 Å². The van der Waals surface area contributed by atoms with Crippen LogP contribution in [0, 0.1) is 5.92 Å². The smallest absolute Gasteiger partial charge is 0.317 e. The molecular formula is C7H15NO3P+. The molecule has 70 valence electrons. The Morgan fingerprint density at radius 2 is 2.17 bits per heavy atom. The fraction of sp³-hybridized carbons (Fsp3) is 1.00. The molecule has 5 heteroatoms. The zero-order valence-electron chi connectivity index (χ0n) is 7.03. The molecular weight excluding hydrogens is 177 g/mol. The number of piperidine rings is 1. The summed E-state index contributed by atoms with van der Waals surface area (Å²) in [5.41, 5.74) is 0. The van der Waals surface area contributed by atoms with Gasteiger partial charge in [-0.2, -0.15) is 0 Å². The van der Waals surface area contributed by atoms with Crippen LogP contribution in [0.15, 0.2) is 0 Å². The van der Waals surface area contributed by atoms with Crippen LogP contribution < -0.4 is 5.32 Å². The van der Waals surface area contributed by atoms with Crippen LogP contribution in [0.4, 0.5) is 0 Å².